The Labute approximate surface area is 285 Å². The number of para-hydroxylation sites is 1. The van der Waals surface area contributed by atoms with Crippen LogP contribution in [0.1, 0.15) is 28.2 Å². The predicted octanol–water partition coefficient (Wildman–Crippen LogP) is 5.29. The van der Waals surface area contributed by atoms with Gasteiger partial charge in [0.1, 0.15) is 23.0 Å². The number of hydrogen-bond donors (Lipinski definition) is 0. The second-order valence-corrected chi connectivity index (χ2v) is 11.8. The van der Waals surface area contributed by atoms with Crippen LogP contribution in [-0.2, 0) is 0 Å². The molecule has 0 amide bonds. The Morgan fingerprint density at radius 1 is 0.633 bits per heavy atom. The van der Waals surface area contributed by atoms with Crippen LogP contribution in [0.3, 0.4) is 0 Å². The molecule has 5 aromatic carbocycles. The predicted molar refractivity (Wildman–Crippen MR) is 177 cm³/mol. The first-order valence-electron chi connectivity index (χ1n) is 15.2. The summed E-state index contributed by atoms with van der Waals surface area (Å²) >= 11 is 0. The van der Waals surface area contributed by atoms with Crippen molar-refractivity contribution < 1.29 is 47.5 Å². The van der Waals surface area contributed by atoms with E-state index in [0.717, 1.165) is 73.1 Å². The molecule has 0 saturated carbocycles. The lowest BCUT2D eigenvalue weighted by atomic mass is 9.77. The summed E-state index contributed by atoms with van der Waals surface area (Å²) in [5, 5.41) is 1.04. The molecule has 0 aliphatic carbocycles. The lowest BCUT2D eigenvalue weighted by Crippen LogP contribution is -2.68. The average molecular weight is 675 g/mol. The van der Waals surface area contributed by atoms with Crippen LogP contribution in [0.15, 0.2) is 150 Å². The van der Waals surface area contributed by atoms with Gasteiger partial charge in [0.15, 0.2) is 0 Å². The number of fused-ring (bicyclic) bond motifs is 2. The van der Waals surface area contributed by atoms with Crippen LogP contribution in [0.4, 0.5) is 0 Å². The minimum Gasteiger partial charge on any atom is -0.497 e. The summed E-state index contributed by atoms with van der Waals surface area (Å²) in [6.45, 7) is 0. The molecule has 49 heavy (non-hydrogen) atoms. The van der Waals surface area contributed by atoms with Crippen molar-refractivity contribution in [1.29, 1.82) is 0 Å². The summed E-state index contributed by atoms with van der Waals surface area (Å²) in [4.78, 5) is 0. The van der Waals surface area contributed by atoms with Crippen molar-refractivity contribution in [3.05, 3.63) is 168 Å². The quantitative estimate of drug-likeness (QED) is 0.209. The van der Waals surface area contributed by atoms with Gasteiger partial charge in [-0.15, -0.1) is 10.2 Å². The summed E-state index contributed by atoms with van der Waals surface area (Å²) in [5.41, 5.74) is 7.17. The minimum atomic E-state index is -4.94. The van der Waals surface area contributed by atoms with Crippen molar-refractivity contribution in [2.45, 2.75) is 5.92 Å². The highest BCUT2D eigenvalue weighted by atomic mass is 35.7. The molecule has 0 fully saturated rings. The molecule has 1 atom stereocenters. The molecule has 6 aromatic rings. The molecular weight excluding hydrogens is 644 g/mol. The Morgan fingerprint density at radius 3 is 1.88 bits per heavy atom. The van der Waals surface area contributed by atoms with Gasteiger partial charge in [-0.05, 0) is 71.3 Å². The monoisotopic (exact) mass is 674 g/mol. The number of allylic oxidation sites excluding steroid dienone is 2. The fraction of sp³-hybridized carbons (Fsp3) is 0.0750. The van der Waals surface area contributed by atoms with Crippen LogP contribution in [-0.4, -0.2) is 14.2 Å². The summed E-state index contributed by atoms with van der Waals surface area (Å²) in [7, 11) is -1.57. The maximum Gasteiger partial charge on any atom is 0.361 e. The van der Waals surface area contributed by atoms with Crippen LogP contribution >= 0.6 is 0 Å². The second-order valence-electron chi connectivity index (χ2n) is 11.0. The smallest absolute Gasteiger partial charge is 0.361 e. The first-order valence-corrected chi connectivity index (χ1v) is 16.5. The third-order valence-electron chi connectivity index (χ3n) is 8.00. The van der Waals surface area contributed by atoms with Crippen molar-refractivity contribution >= 4 is 22.6 Å². The molecular formula is C40H31ClO8. The van der Waals surface area contributed by atoms with E-state index in [0.29, 0.717) is 0 Å². The first kappa shape index (κ1) is 33.4. The average Bonchev–Trinajstić information content (AvgIpc) is 3.13. The molecule has 1 aliphatic rings. The molecule has 9 heteroatoms. The molecule has 0 radical (unpaired) electrons. The maximum atomic E-state index is 8.49. The highest BCUT2D eigenvalue weighted by Gasteiger charge is 2.35. The third kappa shape index (κ3) is 7.98. The van der Waals surface area contributed by atoms with Crippen molar-refractivity contribution in [3.8, 4) is 28.6 Å². The SMILES string of the molecule is COc1ccc(/C=C/C2=C(c3ccccc3)C(c3cc(-c4ccccc4)[o+]c4ccccc34)c3cc(OC)ccc3O2)cc1.[O-][Cl+3]([O-])([O-])[O-]. The zero-order valence-corrected chi connectivity index (χ0v) is 27.3. The van der Waals surface area contributed by atoms with E-state index >= 15 is 0 Å². The van der Waals surface area contributed by atoms with Crippen molar-refractivity contribution in [2.75, 3.05) is 14.2 Å². The number of methoxy groups -OCH3 is 2. The molecule has 1 aliphatic heterocycles. The lowest BCUT2D eigenvalue weighted by Gasteiger charge is -2.31. The van der Waals surface area contributed by atoms with E-state index < -0.39 is 10.2 Å². The summed E-state index contributed by atoms with van der Waals surface area (Å²) in [5.74, 6) is 3.78. The Bertz CT molecular complexity index is 2100. The molecule has 0 N–H and O–H groups in total. The Kier molecular flexibility index (Phi) is 10.1. The maximum absolute atomic E-state index is 8.49. The van der Waals surface area contributed by atoms with Gasteiger partial charge in [0.05, 0.1) is 25.2 Å². The Balaban J connectivity index is 0.000000778. The van der Waals surface area contributed by atoms with E-state index in [2.05, 4.69) is 72.8 Å². The van der Waals surface area contributed by atoms with Gasteiger partial charge in [-0.25, -0.2) is 23.1 Å². The van der Waals surface area contributed by atoms with E-state index in [4.69, 9.17) is 37.3 Å². The lowest BCUT2D eigenvalue weighted by molar-refractivity contribution is -2.00. The Morgan fingerprint density at radius 2 is 1.22 bits per heavy atom. The van der Waals surface area contributed by atoms with E-state index in [1.54, 1.807) is 14.2 Å². The molecule has 0 saturated heterocycles. The largest absolute Gasteiger partial charge is 0.497 e. The van der Waals surface area contributed by atoms with Crippen molar-refractivity contribution in [1.82, 2.24) is 0 Å². The van der Waals surface area contributed by atoms with Gasteiger partial charge in [0.2, 0.25) is 0 Å². The van der Waals surface area contributed by atoms with Gasteiger partial charge in [0.25, 0.3) is 0 Å². The molecule has 246 valence electrons. The van der Waals surface area contributed by atoms with E-state index in [-0.39, 0.29) is 5.92 Å². The molecule has 8 nitrogen and oxygen atoms in total. The highest BCUT2D eigenvalue weighted by molar-refractivity contribution is 5.91. The van der Waals surface area contributed by atoms with Crippen molar-refractivity contribution in [2.24, 2.45) is 0 Å². The number of ether oxygens (including phenoxy) is 3. The molecule has 1 aromatic heterocycles. The molecule has 2 heterocycles. The first-order chi connectivity index (χ1) is 23.7. The minimum absolute atomic E-state index is 0.185. The van der Waals surface area contributed by atoms with Crippen LogP contribution in [0.5, 0.6) is 17.2 Å². The zero-order valence-electron chi connectivity index (χ0n) is 26.6. The van der Waals surface area contributed by atoms with Crippen LogP contribution in [0.2, 0.25) is 0 Å². The van der Waals surface area contributed by atoms with E-state index in [1.165, 1.54) is 0 Å². The van der Waals surface area contributed by atoms with Crippen LogP contribution < -0.4 is 32.8 Å². The Hall–Kier alpha value is -5.48. The molecule has 7 rings (SSSR count). The number of halogens is 1. The zero-order chi connectivity index (χ0) is 34.4. The fourth-order valence-corrected chi connectivity index (χ4v) is 5.85. The molecule has 1 unspecified atom stereocenters. The van der Waals surface area contributed by atoms with Gasteiger partial charge >= 0.3 is 11.3 Å². The van der Waals surface area contributed by atoms with Gasteiger partial charge < -0.3 is 14.2 Å². The normalized spacial score (nSPS) is 14.1. The number of benzene rings is 5. The van der Waals surface area contributed by atoms with E-state index in [9.17, 15) is 0 Å². The summed E-state index contributed by atoms with van der Waals surface area (Å²) < 4.78 is 58.3. The molecule has 0 bridgehead atoms. The summed E-state index contributed by atoms with van der Waals surface area (Å²) in [6.07, 6.45) is 4.15. The van der Waals surface area contributed by atoms with Crippen LogP contribution in [0, 0.1) is 10.2 Å². The summed E-state index contributed by atoms with van der Waals surface area (Å²) in [6, 6.07) is 45.2. The third-order valence-corrected chi connectivity index (χ3v) is 8.00. The highest BCUT2D eigenvalue weighted by Crippen LogP contribution is 2.51. The van der Waals surface area contributed by atoms with Crippen LogP contribution in [0.25, 0.3) is 33.9 Å². The molecule has 0 spiro atoms. The number of hydrogen-bond acceptors (Lipinski definition) is 7. The van der Waals surface area contributed by atoms with Crippen molar-refractivity contribution in [3.63, 3.8) is 0 Å². The topological polar surface area (TPSA) is 131 Å². The second kappa shape index (κ2) is 14.7. The fourth-order valence-electron chi connectivity index (χ4n) is 5.85. The van der Waals surface area contributed by atoms with Gasteiger partial charge in [-0.1, -0.05) is 78.9 Å². The number of rotatable bonds is 7. The van der Waals surface area contributed by atoms with E-state index in [1.807, 2.05) is 72.8 Å². The van der Waals surface area contributed by atoms with Gasteiger partial charge in [-0.3, -0.25) is 0 Å². The van der Waals surface area contributed by atoms with Gasteiger partial charge in [0, 0.05) is 29.2 Å². The standard InChI is InChI=1S/C40H31O4.ClHO4/c1-41-30-20-17-27(18-21-30)19-23-37-39(29-13-7-4-8-14-29)40(34-25-31(42-2)22-24-36(34)43-37)33-26-38(28-11-5-3-6-12-28)44-35-16-10-9-15-32(33)35;2-1(3,4)5/h3-26,40H,1-2H3;(H,2,3,4,5)/q+1;/p-1/b23-19+;. The van der Waals surface area contributed by atoms with Gasteiger partial charge in [-0.2, -0.15) is 0 Å².